The van der Waals surface area contributed by atoms with Crippen molar-refractivity contribution in [3.63, 3.8) is 0 Å². The van der Waals surface area contributed by atoms with Crippen molar-refractivity contribution in [1.82, 2.24) is 0 Å². The van der Waals surface area contributed by atoms with Gasteiger partial charge in [-0.1, -0.05) is 141 Å². The van der Waals surface area contributed by atoms with Gasteiger partial charge in [0, 0.05) is 20.0 Å². The second-order valence-corrected chi connectivity index (χ2v) is 14.9. The first-order chi connectivity index (χ1) is 23.8. The number of hydrogen-bond acceptors (Lipinski definition) is 8. The van der Waals surface area contributed by atoms with Crippen LogP contribution < -0.4 is 34.5 Å². The number of carbonyl (C=O) groups excluding carboxylic acids is 2. The maximum absolute atomic E-state index is 12.4. The van der Waals surface area contributed by atoms with E-state index in [4.69, 9.17) is 14.0 Å². The van der Waals surface area contributed by atoms with Crippen LogP contribution in [-0.2, 0) is 32.7 Å². The fraction of sp³-hybridized carbons (Fsp3) is 0.850. The number of ether oxygens (including phenoxy) is 2. The molecule has 0 aromatic carbocycles. The summed E-state index contributed by atoms with van der Waals surface area (Å²) in [5, 5.41) is 0. The Bertz CT molecular complexity index is 866. The van der Waals surface area contributed by atoms with Gasteiger partial charge in [0.1, 0.15) is 6.61 Å². The standard InChI is InChI=1S/C40H75O8P.Na/c1-4-6-8-10-12-14-16-18-20-22-24-26-28-30-32-34-39(41)46-36-38(37-47-49(43,44)45-3)48-40(42)35-33-31-29-27-25-23-21-19-17-15-13-11-9-7-5-2;/h18-21,38H,4-17,22-37H2,1-3H3,(H,43,44);/q;+1/p-1/b20-18+,21-19+;. The molecule has 8 nitrogen and oxygen atoms in total. The van der Waals surface area contributed by atoms with Crippen LogP contribution in [0.1, 0.15) is 194 Å². The van der Waals surface area contributed by atoms with Gasteiger partial charge in [-0.15, -0.1) is 0 Å². The second-order valence-electron chi connectivity index (χ2n) is 13.4. The van der Waals surface area contributed by atoms with Crippen LogP contribution in [0.3, 0.4) is 0 Å². The van der Waals surface area contributed by atoms with Gasteiger partial charge in [0.25, 0.3) is 7.82 Å². The van der Waals surface area contributed by atoms with E-state index in [9.17, 15) is 19.0 Å². The van der Waals surface area contributed by atoms with Gasteiger partial charge in [0.2, 0.25) is 0 Å². The maximum atomic E-state index is 12.4. The van der Waals surface area contributed by atoms with E-state index in [1.165, 1.54) is 89.9 Å². The topological polar surface area (TPSA) is 111 Å². The monoisotopic (exact) mass is 737 g/mol. The number of unbranched alkanes of at least 4 members (excludes halogenated alkanes) is 22. The third kappa shape index (κ3) is 38.8. The molecule has 0 spiro atoms. The number of esters is 2. The number of phosphoric acid groups is 1. The van der Waals surface area contributed by atoms with Crippen molar-refractivity contribution in [2.75, 3.05) is 20.3 Å². The zero-order chi connectivity index (χ0) is 36.1. The van der Waals surface area contributed by atoms with Gasteiger partial charge in [-0.05, 0) is 64.2 Å². The predicted molar refractivity (Wildman–Crippen MR) is 200 cm³/mol. The van der Waals surface area contributed by atoms with Crippen LogP contribution in [0.5, 0.6) is 0 Å². The summed E-state index contributed by atoms with van der Waals surface area (Å²) in [5.41, 5.74) is 0. The van der Waals surface area contributed by atoms with Crippen LogP contribution in [0, 0.1) is 0 Å². The van der Waals surface area contributed by atoms with Crippen molar-refractivity contribution >= 4 is 19.8 Å². The Balaban J connectivity index is 0. The Kier molecular flexibility index (Phi) is 41.0. The Morgan fingerprint density at radius 1 is 0.560 bits per heavy atom. The van der Waals surface area contributed by atoms with Gasteiger partial charge in [0.05, 0.1) is 6.61 Å². The number of phosphoric ester groups is 1. The predicted octanol–water partition coefficient (Wildman–Crippen LogP) is 8.65. The van der Waals surface area contributed by atoms with E-state index in [2.05, 4.69) is 42.7 Å². The van der Waals surface area contributed by atoms with Gasteiger partial charge in [-0.25, -0.2) is 0 Å². The molecule has 0 rings (SSSR count). The summed E-state index contributed by atoms with van der Waals surface area (Å²) < 4.78 is 31.5. The molecule has 0 heterocycles. The summed E-state index contributed by atoms with van der Waals surface area (Å²) in [6.45, 7) is 3.77. The minimum Gasteiger partial charge on any atom is -0.756 e. The Morgan fingerprint density at radius 2 is 0.920 bits per heavy atom. The van der Waals surface area contributed by atoms with E-state index in [0.717, 1.165) is 77.7 Å². The summed E-state index contributed by atoms with van der Waals surface area (Å²) >= 11 is 0. The third-order valence-electron chi connectivity index (χ3n) is 8.66. The number of allylic oxidation sites excluding steroid dienone is 4. The van der Waals surface area contributed by atoms with Gasteiger partial charge in [0.15, 0.2) is 6.10 Å². The first kappa shape index (κ1) is 51.6. The fourth-order valence-electron chi connectivity index (χ4n) is 5.53. The van der Waals surface area contributed by atoms with E-state index in [0.29, 0.717) is 6.42 Å². The molecular weight excluding hydrogens is 662 g/mol. The molecule has 0 saturated heterocycles. The summed E-state index contributed by atoms with van der Waals surface area (Å²) in [5.74, 6) is -0.856. The summed E-state index contributed by atoms with van der Waals surface area (Å²) in [4.78, 5) is 36.4. The largest absolute Gasteiger partial charge is 1.00 e. The van der Waals surface area contributed by atoms with Crippen LogP contribution in [0.25, 0.3) is 0 Å². The zero-order valence-electron chi connectivity index (χ0n) is 32.8. The van der Waals surface area contributed by atoms with E-state index in [1.807, 2.05) is 0 Å². The molecule has 0 aliphatic carbocycles. The third-order valence-corrected chi connectivity index (χ3v) is 9.57. The molecular formula is C40H74NaO8P. The Hall–Kier alpha value is -0.470. The van der Waals surface area contributed by atoms with Crippen molar-refractivity contribution < 1.29 is 67.1 Å². The summed E-state index contributed by atoms with van der Waals surface area (Å²) in [6, 6.07) is 0. The van der Waals surface area contributed by atoms with E-state index >= 15 is 0 Å². The molecule has 0 bridgehead atoms. The Morgan fingerprint density at radius 3 is 1.32 bits per heavy atom. The van der Waals surface area contributed by atoms with Crippen molar-refractivity contribution in [2.24, 2.45) is 0 Å². The van der Waals surface area contributed by atoms with Crippen LogP contribution >= 0.6 is 7.82 Å². The van der Waals surface area contributed by atoms with E-state index in [-0.39, 0.29) is 49.0 Å². The molecule has 0 saturated carbocycles. The van der Waals surface area contributed by atoms with Crippen LogP contribution in [0.15, 0.2) is 24.3 Å². The molecule has 0 fully saturated rings. The van der Waals surface area contributed by atoms with Crippen LogP contribution in [0.2, 0.25) is 0 Å². The first-order valence-corrected chi connectivity index (χ1v) is 21.5. The van der Waals surface area contributed by atoms with E-state index in [1.54, 1.807) is 0 Å². The zero-order valence-corrected chi connectivity index (χ0v) is 35.7. The second kappa shape index (κ2) is 39.7. The molecule has 0 aliphatic heterocycles. The normalized spacial score (nSPS) is 13.4. The summed E-state index contributed by atoms with van der Waals surface area (Å²) in [6.07, 6.45) is 39.2. The fourth-order valence-corrected chi connectivity index (χ4v) is 5.98. The first-order valence-electron chi connectivity index (χ1n) is 20.0. The molecule has 0 radical (unpaired) electrons. The molecule has 0 amide bonds. The number of rotatable bonds is 37. The van der Waals surface area contributed by atoms with Gasteiger partial charge < -0.3 is 23.4 Å². The smallest absolute Gasteiger partial charge is 0.756 e. The van der Waals surface area contributed by atoms with Gasteiger partial charge in [-0.2, -0.15) is 0 Å². The molecule has 2 atom stereocenters. The molecule has 10 heteroatoms. The van der Waals surface area contributed by atoms with Crippen LogP contribution in [0.4, 0.5) is 0 Å². The SMILES string of the molecule is CCCCCCCC/C=C/CCCCCCCC(=O)OCC(COP(=O)([O-])OC)OC(=O)CCCCCCC/C=C/CCCCCCCC.[Na+]. The van der Waals surface area contributed by atoms with Crippen LogP contribution in [-0.4, -0.2) is 38.4 Å². The molecule has 0 aromatic rings. The van der Waals surface area contributed by atoms with Crippen molar-refractivity contribution in [1.29, 1.82) is 0 Å². The minimum absolute atomic E-state index is 0. The maximum Gasteiger partial charge on any atom is 1.00 e. The molecule has 288 valence electrons. The molecule has 0 N–H and O–H groups in total. The quantitative estimate of drug-likeness (QED) is 0.0205. The Labute approximate surface area is 329 Å². The average molecular weight is 737 g/mol. The number of carbonyl (C=O) groups is 2. The minimum atomic E-state index is -4.51. The molecule has 0 aromatic heterocycles. The van der Waals surface area contributed by atoms with Gasteiger partial charge in [-0.3, -0.25) is 14.2 Å². The molecule has 2 unspecified atom stereocenters. The number of hydrogen-bond donors (Lipinski definition) is 0. The van der Waals surface area contributed by atoms with Gasteiger partial charge >= 0.3 is 41.5 Å². The average Bonchev–Trinajstić information content (AvgIpc) is 3.09. The molecule has 50 heavy (non-hydrogen) atoms. The van der Waals surface area contributed by atoms with Crippen molar-refractivity contribution in [3.05, 3.63) is 24.3 Å². The molecule has 0 aliphatic rings. The van der Waals surface area contributed by atoms with Crippen molar-refractivity contribution in [3.8, 4) is 0 Å². The van der Waals surface area contributed by atoms with Crippen molar-refractivity contribution in [2.45, 2.75) is 200 Å². The summed E-state index contributed by atoms with van der Waals surface area (Å²) in [7, 11) is -3.51. The van der Waals surface area contributed by atoms with E-state index < -0.39 is 32.5 Å².